The molecule has 0 N–H and O–H groups in total. The highest BCUT2D eigenvalue weighted by molar-refractivity contribution is 6.33. The molecule has 1 aliphatic rings. The molecule has 2 heterocycles. The summed E-state index contributed by atoms with van der Waals surface area (Å²) in [5.74, 6) is -2.52. The Morgan fingerprint density at radius 3 is 2.41 bits per heavy atom. The summed E-state index contributed by atoms with van der Waals surface area (Å²) in [5.41, 5.74) is 0.497. The maximum Gasteiger partial charge on any atom is 0.456 e. The highest BCUT2D eigenvalue weighted by Crippen LogP contribution is 2.33. The number of Topliss-reactive ketones (excluding diaryl/α,β-unsaturated/α-hetero) is 1. The number of fused-ring (bicyclic) bond motifs is 2. The maximum atomic E-state index is 13.3. The number of benzene rings is 2. The second-order valence-electron chi connectivity index (χ2n) is 7.07. The van der Waals surface area contributed by atoms with E-state index in [2.05, 4.69) is 0 Å². The van der Waals surface area contributed by atoms with E-state index in [1.807, 2.05) is 0 Å². The molecule has 0 atom stereocenters. The molecule has 11 heteroatoms. The molecule has 1 aliphatic heterocycles. The lowest BCUT2D eigenvalue weighted by molar-refractivity contribution is -0.384. The molecule has 0 aliphatic carbocycles. The first-order valence-electron chi connectivity index (χ1n) is 9.21. The van der Waals surface area contributed by atoms with Crippen LogP contribution >= 0.6 is 11.6 Å². The van der Waals surface area contributed by atoms with Gasteiger partial charge in [0, 0.05) is 23.0 Å². The van der Waals surface area contributed by atoms with Gasteiger partial charge in [-0.05, 0) is 35.9 Å². The fourth-order valence-corrected chi connectivity index (χ4v) is 3.88. The molecule has 7 nitrogen and oxygen atoms in total. The average Bonchev–Trinajstić information content (AvgIpc) is 3.04. The Labute approximate surface area is 183 Å². The van der Waals surface area contributed by atoms with E-state index in [1.165, 1.54) is 27.7 Å². The van der Waals surface area contributed by atoms with Crippen molar-refractivity contribution in [1.82, 2.24) is 4.57 Å². The van der Waals surface area contributed by atoms with Crippen molar-refractivity contribution < 1.29 is 27.7 Å². The van der Waals surface area contributed by atoms with E-state index in [4.69, 9.17) is 11.6 Å². The molecule has 0 saturated carbocycles. The normalized spacial score (nSPS) is 13.2. The molecule has 2 aromatic carbocycles. The van der Waals surface area contributed by atoms with Crippen LogP contribution in [0.1, 0.15) is 32.1 Å². The van der Waals surface area contributed by atoms with Crippen molar-refractivity contribution in [2.75, 3.05) is 4.90 Å². The van der Waals surface area contributed by atoms with Crippen LogP contribution in [0.25, 0.3) is 0 Å². The van der Waals surface area contributed by atoms with Crippen LogP contribution in [0.2, 0.25) is 5.02 Å². The standard InChI is InChI=1S/C21H13ClF3N3O4/c22-15-9-12(5-7-17(15)28(31)32)20(30)27-11-14-6-8-18(19(29)21(23,24)25)26(14)10-13-3-1-2-4-16(13)27/h1-9H,10-11H2. The Kier molecular flexibility index (Phi) is 5.25. The van der Waals surface area contributed by atoms with Crippen LogP contribution in [0.5, 0.6) is 0 Å². The molecule has 1 amide bonds. The molecule has 1 aromatic heterocycles. The maximum absolute atomic E-state index is 13.3. The van der Waals surface area contributed by atoms with Gasteiger partial charge in [0.25, 0.3) is 17.4 Å². The molecule has 0 fully saturated rings. The minimum Gasteiger partial charge on any atom is -0.336 e. The molecular weight excluding hydrogens is 451 g/mol. The molecule has 0 spiro atoms. The largest absolute Gasteiger partial charge is 0.456 e. The van der Waals surface area contributed by atoms with Crippen molar-refractivity contribution in [3.05, 3.63) is 92.2 Å². The molecule has 3 aromatic rings. The van der Waals surface area contributed by atoms with Crippen LogP contribution in [0.3, 0.4) is 0 Å². The second kappa shape index (κ2) is 7.79. The van der Waals surface area contributed by atoms with Gasteiger partial charge in [-0.3, -0.25) is 19.7 Å². The van der Waals surface area contributed by atoms with Crippen molar-refractivity contribution in [2.24, 2.45) is 0 Å². The van der Waals surface area contributed by atoms with Gasteiger partial charge in [0.15, 0.2) is 0 Å². The Hall–Kier alpha value is -3.66. The number of halogens is 4. The molecule has 0 unspecified atom stereocenters. The van der Waals surface area contributed by atoms with E-state index < -0.39 is 28.5 Å². The van der Waals surface area contributed by atoms with Crippen LogP contribution in [0.15, 0.2) is 54.6 Å². The van der Waals surface area contributed by atoms with Gasteiger partial charge in [-0.25, -0.2) is 0 Å². The van der Waals surface area contributed by atoms with Crippen LogP contribution in [-0.2, 0) is 13.1 Å². The minimum atomic E-state index is -5.04. The summed E-state index contributed by atoms with van der Waals surface area (Å²) in [7, 11) is 0. The van der Waals surface area contributed by atoms with Crippen molar-refractivity contribution in [2.45, 2.75) is 19.3 Å². The Morgan fingerprint density at radius 1 is 1.03 bits per heavy atom. The number of hydrogen-bond acceptors (Lipinski definition) is 4. The van der Waals surface area contributed by atoms with Crippen molar-refractivity contribution in [1.29, 1.82) is 0 Å². The first-order chi connectivity index (χ1) is 15.1. The molecule has 0 radical (unpaired) electrons. The summed E-state index contributed by atoms with van der Waals surface area (Å²) >= 11 is 5.94. The summed E-state index contributed by atoms with van der Waals surface area (Å²) < 4.78 is 40.4. The van der Waals surface area contributed by atoms with Gasteiger partial charge in [-0.2, -0.15) is 13.2 Å². The Morgan fingerprint density at radius 2 is 1.75 bits per heavy atom. The summed E-state index contributed by atoms with van der Waals surface area (Å²) in [6.45, 7) is -0.157. The zero-order chi connectivity index (χ0) is 23.2. The minimum absolute atomic E-state index is 0.0412. The topological polar surface area (TPSA) is 85.4 Å². The number of para-hydroxylation sites is 1. The van der Waals surface area contributed by atoms with Gasteiger partial charge in [-0.1, -0.05) is 29.8 Å². The van der Waals surface area contributed by atoms with E-state index in [1.54, 1.807) is 24.3 Å². The van der Waals surface area contributed by atoms with Gasteiger partial charge >= 0.3 is 6.18 Å². The zero-order valence-corrected chi connectivity index (χ0v) is 16.9. The predicted molar refractivity (Wildman–Crippen MR) is 109 cm³/mol. The number of alkyl halides is 3. The number of hydrogen-bond donors (Lipinski definition) is 0. The number of rotatable bonds is 3. The highest BCUT2D eigenvalue weighted by Gasteiger charge is 2.42. The van der Waals surface area contributed by atoms with E-state index in [-0.39, 0.29) is 29.4 Å². The lowest BCUT2D eigenvalue weighted by Crippen LogP contribution is -2.30. The quantitative estimate of drug-likeness (QED) is 0.310. The second-order valence-corrected chi connectivity index (χ2v) is 7.47. The van der Waals surface area contributed by atoms with Crippen LogP contribution in [0.4, 0.5) is 24.5 Å². The Bertz CT molecular complexity index is 1270. The third kappa shape index (κ3) is 3.73. The summed E-state index contributed by atoms with van der Waals surface area (Å²) in [6, 6.07) is 12.6. The molecule has 32 heavy (non-hydrogen) atoms. The zero-order valence-electron chi connectivity index (χ0n) is 16.1. The van der Waals surface area contributed by atoms with Crippen LogP contribution in [-0.4, -0.2) is 27.4 Å². The number of amides is 1. The van der Waals surface area contributed by atoms with E-state index in [0.29, 0.717) is 16.9 Å². The number of carbonyl (C=O) groups is 2. The third-order valence-corrected chi connectivity index (χ3v) is 5.43. The first-order valence-corrected chi connectivity index (χ1v) is 9.59. The monoisotopic (exact) mass is 463 g/mol. The summed E-state index contributed by atoms with van der Waals surface area (Å²) in [6.07, 6.45) is -5.04. The van der Waals surface area contributed by atoms with Gasteiger partial charge in [0.1, 0.15) is 5.02 Å². The molecule has 164 valence electrons. The fourth-order valence-electron chi connectivity index (χ4n) is 3.63. The number of nitrogens with zero attached hydrogens (tertiary/aromatic N) is 3. The van der Waals surface area contributed by atoms with Crippen LogP contribution in [0, 0.1) is 10.1 Å². The molecule has 0 saturated heterocycles. The third-order valence-electron chi connectivity index (χ3n) is 5.13. The molecular formula is C21H13ClF3N3O4. The number of carbonyl (C=O) groups excluding carboxylic acids is 2. The lowest BCUT2D eigenvalue weighted by Gasteiger charge is -2.23. The number of aromatic nitrogens is 1. The van der Waals surface area contributed by atoms with Gasteiger partial charge in [-0.15, -0.1) is 0 Å². The van der Waals surface area contributed by atoms with Gasteiger partial charge in [0.2, 0.25) is 0 Å². The number of nitro benzene ring substituents is 1. The SMILES string of the molecule is O=C(c1ccc([N+](=O)[O-])c(Cl)c1)N1Cc2ccc(C(=O)C(F)(F)F)n2Cc2ccccc21. The lowest BCUT2D eigenvalue weighted by atomic mass is 10.1. The number of anilines is 1. The number of nitro groups is 1. The molecule has 4 rings (SSSR count). The molecule has 0 bridgehead atoms. The van der Waals surface area contributed by atoms with Gasteiger partial charge in [0.05, 0.1) is 23.7 Å². The van der Waals surface area contributed by atoms with Crippen LogP contribution < -0.4 is 4.90 Å². The highest BCUT2D eigenvalue weighted by atomic mass is 35.5. The number of ketones is 1. The average molecular weight is 464 g/mol. The smallest absolute Gasteiger partial charge is 0.336 e. The summed E-state index contributed by atoms with van der Waals surface area (Å²) in [5, 5.41) is 10.8. The Balaban J connectivity index is 1.79. The van der Waals surface area contributed by atoms with Crippen molar-refractivity contribution in [3.8, 4) is 0 Å². The van der Waals surface area contributed by atoms with E-state index in [0.717, 1.165) is 12.1 Å². The van der Waals surface area contributed by atoms with Crippen molar-refractivity contribution >= 4 is 34.7 Å². The summed E-state index contributed by atoms with van der Waals surface area (Å²) in [4.78, 5) is 36.8. The first kappa shape index (κ1) is 21.6. The van der Waals surface area contributed by atoms with E-state index in [9.17, 15) is 32.9 Å². The predicted octanol–water partition coefficient (Wildman–Crippen LogP) is 5.00. The van der Waals surface area contributed by atoms with E-state index >= 15 is 0 Å². The van der Waals surface area contributed by atoms with Crippen molar-refractivity contribution in [3.63, 3.8) is 0 Å². The van der Waals surface area contributed by atoms with Gasteiger partial charge < -0.3 is 9.47 Å². The fraction of sp³-hybridized carbons (Fsp3) is 0.143.